The number of ether oxygens (including phenoxy) is 1. The Morgan fingerprint density at radius 1 is 0.848 bits per heavy atom. The molecule has 180 valence electrons. The molecule has 0 unspecified atom stereocenters. The molecule has 0 aromatic heterocycles. The maximum absolute atomic E-state index is 6.12. The first-order valence-electron chi connectivity index (χ1n) is 12.8. The topological polar surface area (TPSA) is 27.7 Å². The van der Waals surface area contributed by atoms with E-state index in [-0.39, 0.29) is 0 Å². The highest BCUT2D eigenvalue weighted by atomic mass is 28.4. The molecule has 33 heavy (non-hydrogen) atoms. The lowest BCUT2D eigenvalue weighted by atomic mass is 9.99. The molecule has 0 amide bonds. The van der Waals surface area contributed by atoms with Crippen molar-refractivity contribution in [2.24, 2.45) is 0 Å². The van der Waals surface area contributed by atoms with Crippen molar-refractivity contribution < 1.29 is 13.6 Å². The van der Waals surface area contributed by atoms with Gasteiger partial charge in [-0.3, -0.25) is 0 Å². The SMILES string of the molecule is CCO[Si](C)(CCCCCCOc1ccc2c(c1)C=C(c1ccc(C)cc1)CCC2)OCC. The number of rotatable bonds is 13. The molecule has 0 saturated heterocycles. The van der Waals surface area contributed by atoms with Crippen LogP contribution in [0.3, 0.4) is 0 Å². The van der Waals surface area contributed by atoms with Crippen molar-refractivity contribution in [1.82, 2.24) is 0 Å². The quantitative estimate of drug-likeness (QED) is 0.221. The average molecular weight is 467 g/mol. The van der Waals surface area contributed by atoms with Gasteiger partial charge in [-0.1, -0.05) is 61.2 Å². The summed E-state index contributed by atoms with van der Waals surface area (Å²) in [5.41, 5.74) is 6.83. The predicted molar refractivity (Wildman–Crippen MR) is 142 cm³/mol. The lowest BCUT2D eigenvalue weighted by Crippen LogP contribution is -2.38. The summed E-state index contributed by atoms with van der Waals surface area (Å²) in [6, 6.07) is 16.6. The smallest absolute Gasteiger partial charge is 0.334 e. The summed E-state index contributed by atoms with van der Waals surface area (Å²) in [6.07, 6.45) is 10.5. The van der Waals surface area contributed by atoms with Crippen LogP contribution in [0, 0.1) is 6.92 Å². The molecule has 3 rings (SSSR count). The summed E-state index contributed by atoms with van der Waals surface area (Å²) in [4.78, 5) is 0. The second kappa shape index (κ2) is 13.1. The Morgan fingerprint density at radius 3 is 2.30 bits per heavy atom. The molecule has 0 spiro atoms. The largest absolute Gasteiger partial charge is 0.494 e. The second-order valence-corrected chi connectivity index (χ2v) is 12.6. The van der Waals surface area contributed by atoms with E-state index in [0.717, 1.165) is 50.9 Å². The van der Waals surface area contributed by atoms with Crippen LogP contribution in [0.1, 0.15) is 74.6 Å². The van der Waals surface area contributed by atoms with Crippen molar-refractivity contribution in [2.45, 2.75) is 78.3 Å². The van der Waals surface area contributed by atoms with E-state index in [1.54, 1.807) is 0 Å². The summed E-state index contributed by atoms with van der Waals surface area (Å²) in [5.74, 6) is 0.989. The fourth-order valence-corrected chi connectivity index (χ4v) is 7.12. The molecule has 4 heteroatoms. The summed E-state index contributed by atoms with van der Waals surface area (Å²) < 4.78 is 18.0. The lowest BCUT2D eigenvalue weighted by molar-refractivity contribution is 0.188. The van der Waals surface area contributed by atoms with E-state index in [9.17, 15) is 0 Å². The van der Waals surface area contributed by atoms with Gasteiger partial charge in [-0.15, -0.1) is 0 Å². The molecule has 2 aromatic carbocycles. The van der Waals surface area contributed by atoms with Gasteiger partial charge in [0.15, 0.2) is 0 Å². The van der Waals surface area contributed by atoms with Gasteiger partial charge in [0.2, 0.25) is 0 Å². The Morgan fingerprint density at radius 2 is 1.58 bits per heavy atom. The fraction of sp³-hybridized carbons (Fsp3) is 0.517. The maximum atomic E-state index is 6.12. The fourth-order valence-electron chi connectivity index (χ4n) is 4.64. The van der Waals surface area contributed by atoms with Crippen LogP contribution in [0.25, 0.3) is 11.6 Å². The van der Waals surface area contributed by atoms with Crippen LogP contribution in [-0.4, -0.2) is 28.4 Å². The third kappa shape index (κ3) is 8.13. The number of aryl methyl sites for hydroxylation is 2. The normalized spacial score (nSPS) is 13.9. The van der Waals surface area contributed by atoms with Crippen molar-refractivity contribution in [3.8, 4) is 5.75 Å². The molecule has 0 atom stereocenters. The van der Waals surface area contributed by atoms with E-state index >= 15 is 0 Å². The Kier molecular flexibility index (Phi) is 10.2. The van der Waals surface area contributed by atoms with E-state index in [1.807, 2.05) is 0 Å². The molecular formula is C29H42O3Si. The maximum Gasteiger partial charge on any atom is 0.334 e. The van der Waals surface area contributed by atoms with Crippen molar-refractivity contribution >= 4 is 20.2 Å². The lowest BCUT2D eigenvalue weighted by Gasteiger charge is -2.25. The van der Waals surface area contributed by atoms with Gasteiger partial charge in [-0.25, -0.2) is 0 Å². The summed E-state index contributed by atoms with van der Waals surface area (Å²) in [5, 5.41) is 0. The minimum Gasteiger partial charge on any atom is -0.494 e. The van der Waals surface area contributed by atoms with Crippen LogP contribution in [0.15, 0.2) is 42.5 Å². The Balaban J connectivity index is 1.47. The third-order valence-corrected chi connectivity index (χ3v) is 9.52. The van der Waals surface area contributed by atoms with Crippen LogP contribution in [0.5, 0.6) is 5.75 Å². The molecule has 0 saturated carbocycles. The van der Waals surface area contributed by atoms with Crippen LogP contribution in [0.2, 0.25) is 12.6 Å². The summed E-state index contributed by atoms with van der Waals surface area (Å²) >= 11 is 0. The number of allylic oxidation sites excluding steroid dienone is 1. The first-order chi connectivity index (χ1) is 16.0. The highest BCUT2D eigenvalue weighted by molar-refractivity contribution is 6.66. The molecule has 3 nitrogen and oxygen atoms in total. The first-order valence-corrected chi connectivity index (χ1v) is 15.4. The highest BCUT2D eigenvalue weighted by Gasteiger charge is 2.29. The van der Waals surface area contributed by atoms with Gasteiger partial charge in [-0.05, 0) is 93.4 Å². The van der Waals surface area contributed by atoms with Crippen molar-refractivity contribution in [2.75, 3.05) is 19.8 Å². The van der Waals surface area contributed by atoms with Gasteiger partial charge in [0.1, 0.15) is 5.75 Å². The number of hydrogen-bond acceptors (Lipinski definition) is 3. The molecule has 0 fully saturated rings. The van der Waals surface area contributed by atoms with Gasteiger partial charge in [0, 0.05) is 13.2 Å². The van der Waals surface area contributed by atoms with E-state index in [0.29, 0.717) is 0 Å². The average Bonchev–Trinajstić information content (AvgIpc) is 3.01. The van der Waals surface area contributed by atoms with Crippen LogP contribution in [0.4, 0.5) is 0 Å². The Labute approximate surface area is 202 Å². The zero-order chi connectivity index (χ0) is 23.5. The van der Waals surface area contributed by atoms with Gasteiger partial charge < -0.3 is 13.6 Å². The van der Waals surface area contributed by atoms with Crippen molar-refractivity contribution in [1.29, 1.82) is 0 Å². The van der Waals surface area contributed by atoms with Crippen LogP contribution >= 0.6 is 0 Å². The monoisotopic (exact) mass is 466 g/mol. The molecule has 0 heterocycles. The number of benzene rings is 2. The van der Waals surface area contributed by atoms with Crippen molar-refractivity contribution in [3.05, 3.63) is 64.7 Å². The number of hydrogen-bond donors (Lipinski definition) is 0. The number of fused-ring (bicyclic) bond motifs is 1. The second-order valence-electron chi connectivity index (χ2n) is 9.26. The summed E-state index contributed by atoms with van der Waals surface area (Å²) in [6.45, 7) is 10.7. The molecule has 0 N–H and O–H groups in total. The van der Waals surface area contributed by atoms with Crippen LogP contribution in [-0.2, 0) is 15.3 Å². The molecule has 0 bridgehead atoms. The van der Waals surface area contributed by atoms with Crippen LogP contribution < -0.4 is 4.74 Å². The predicted octanol–water partition coefficient (Wildman–Crippen LogP) is 7.96. The molecule has 0 aliphatic heterocycles. The Bertz CT molecular complexity index is 882. The van der Waals surface area contributed by atoms with E-state index in [2.05, 4.69) is 75.9 Å². The van der Waals surface area contributed by atoms with E-state index in [1.165, 1.54) is 53.5 Å². The number of unbranched alkanes of at least 4 members (excludes halogenated alkanes) is 3. The molecule has 1 aliphatic rings. The first kappa shape index (κ1) is 25.7. The molecular weight excluding hydrogens is 424 g/mol. The van der Waals surface area contributed by atoms with Gasteiger partial charge in [0.25, 0.3) is 0 Å². The van der Waals surface area contributed by atoms with Crippen molar-refractivity contribution in [3.63, 3.8) is 0 Å². The zero-order valence-electron chi connectivity index (χ0n) is 21.1. The van der Waals surface area contributed by atoms with E-state index < -0.39 is 8.56 Å². The molecule has 2 aromatic rings. The zero-order valence-corrected chi connectivity index (χ0v) is 22.1. The minimum absolute atomic E-state index is 0.749. The van der Waals surface area contributed by atoms with Gasteiger partial charge >= 0.3 is 8.56 Å². The molecule has 0 radical (unpaired) electrons. The summed E-state index contributed by atoms with van der Waals surface area (Å²) in [7, 11) is -1.96. The molecule has 1 aliphatic carbocycles. The third-order valence-electron chi connectivity index (χ3n) is 6.45. The highest BCUT2D eigenvalue weighted by Crippen LogP contribution is 2.31. The van der Waals surface area contributed by atoms with Gasteiger partial charge in [0.05, 0.1) is 6.61 Å². The minimum atomic E-state index is -1.96. The Hall–Kier alpha value is -1.88. The van der Waals surface area contributed by atoms with E-state index in [4.69, 9.17) is 13.6 Å². The van der Waals surface area contributed by atoms with Gasteiger partial charge in [-0.2, -0.15) is 0 Å². The standard InChI is InChI=1S/C29H42O3Si/c1-5-31-33(4,32-6-2)21-10-8-7-9-20-30-29-19-18-25-12-11-13-27(22-28(25)23-29)26-16-14-24(3)15-17-26/h14-19,22-23H,5-13,20-21H2,1-4H3.